The second-order valence-corrected chi connectivity index (χ2v) is 14.9. The molecule has 6 nitrogen and oxygen atoms in total. The van der Waals surface area contributed by atoms with Gasteiger partial charge in [0, 0.05) is 19.3 Å². The van der Waals surface area contributed by atoms with Crippen molar-refractivity contribution >= 4 is 17.9 Å². The zero-order valence-electron chi connectivity index (χ0n) is 38.6. The fourth-order valence-corrected chi connectivity index (χ4v) is 5.67. The van der Waals surface area contributed by atoms with E-state index in [1.165, 1.54) is 0 Å². The molecular formula is C55H84O6. The number of carbonyl (C=O) groups is 3. The lowest BCUT2D eigenvalue weighted by atomic mass is 10.1. The van der Waals surface area contributed by atoms with Gasteiger partial charge in [-0.1, -0.05) is 187 Å². The Hall–Kier alpha value is -4.45. The Morgan fingerprint density at radius 3 is 1.08 bits per heavy atom. The highest BCUT2D eigenvalue weighted by Gasteiger charge is 2.19. The highest BCUT2D eigenvalue weighted by molar-refractivity contribution is 5.71. The molecule has 0 aliphatic rings. The second-order valence-electron chi connectivity index (χ2n) is 14.9. The predicted octanol–water partition coefficient (Wildman–Crippen LogP) is 15.5. The maximum atomic E-state index is 12.7. The summed E-state index contributed by atoms with van der Waals surface area (Å²) in [6.07, 6.45) is 67.7. The van der Waals surface area contributed by atoms with Gasteiger partial charge < -0.3 is 14.2 Å². The molecule has 0 aliphatic carbocycles. The average molecular weight is 841 g/mol. The lowest BCUT2D eigenvalue weighted by Crippen LogP contribution is -2.30. The number of carbonyl (C=O) groups excluding carboxylic acids is 3. The van der Waals surface area contributed by atoms with E-state index in [0.29, 0.717) is 19.3 Å². The molecule has 0 aromatic heterocycles. The van der Waals surface area contributed by atoms with Gasteiger partial charge in [-0.3, -0.25) is 14.4 Å². The van der Waals surface area contributed by atoms with Gasteiger partial charge in [0.1, 0.15) is 13.2 Å². The number of unbranched alkanes of at least 4 members (excludes halogenated alkanes) is 7. The molecule has 1 unspecified atom stereocenters. The van der Waals surface area contributed by atoms with Gasteiger partial charge >= 0.3 is 17.9 Å². The normalized spacial score (nSPS) is 13.3. The van der Waals surface area contributed by atoms with Crippen LogP contribution in [0.1, 0.15) is 175 Å². The Kier molecular flexibility index (Phi) is 44.7. The monoisotopic (exact) mass is 841 g/mol. The molecule has 0 amide bonds. The number of hydrogen-bond acceptors (Lipinski definition) is 6. The summed E-state index contributed by atoms with van der Waals surface area (Å²) in [6, 6.07) is 0. The fraction of sp³-hybridized carbons (Fsp3) is 0.545. The maximum absolute atomic E-state index is 12.7. The van der Waals surface area contributed by atoms with Crippen LogP contribution >= 0.6 is 0 Å². The standard InChI is InChI=1S/C55H84O6/c1-4-7-10-13-15-17-19-21-23-25-27-29-31-33-35-37-39-42-45-48-54(57)60-51-52(50-59-53(56)47-44-41-12-9-6-3)61-55(58)49-46-43-40-38-36-34-32-30-28-26-24-22-20-18-16-14-11-8-5-2/h7-8,10-11,15-18,21-24,27-30,33-36,39,42,52H,4-6,9,12-14,19-20,25-26,31-32,37-38,40-41,43-51H2,1-3H3/b10-7-,11-8-,17-15-,18-16-,23-21-,24-22-,29-27-,30-28-,35-33-,36-34-,42-39-. The fourth-order valence-electron chi connectivity index (χ4n) is 5.67. The van der Waals surface area contributed by atoms with Crippen LogP contribution in [0.25, 0.3) is 0 Å². The number of ether oxygens (including phenoxy) is 3. The van der Waals surface area contributed by atoms with E-state index in [1.54, 1.807) is 0 Å². The first-order valence-electron chi connectivity index (χ1n) is 23.7. The summed E-state index contributed by atoms with van der Waals surface area (Å²) < 4.78 is 16.5. The topological polar surface area (TPSA) is 78.9 Å². The first-order valence-corrected chi connectivity index (χ1v) is 23.7. The van der Waals surface area contributed by atoms with Crippen molar-refractivity contribution in [2.45, 2.75) is 181 Å². The maximum Gasteiger partial charge on any atom is 0.306 e. The van der Waals surface area contributed by atoms with Crippen molar-refractivity contribution in [1.29, 1.82) is 0 Å². The van der Waals surface area contributed by atoms with Crippen LogP contribution in [0.3, 0.4) is 0 Å². The quantitative estimate of drug-likeness (QED) is 0.0265. The van der Waals surface area contributed by atoms with Gasteiger partial charge in [-0.05, 0) is 103 Å². The van der Waals surface area contributed by atoms with E-state index in [4.69, 9.17) is 14.2 Å². The second kappa shape index (κ2) is 48.2. The van der Waals surface area contributed by atoms with Crippen LogP contribution in [-0.4, -0.2) is 37.2 Å². The Balaban J connectivity index is 4.43. The molecular weight excluding hydrogens is 757 g/mol. The van der Waals surface area contributed by atoms with Crippen molar-refractivity contribution in [2.75, 3.05) is 13.2 Å². The van der Waals surface area contributed by atoms with Crippen LogP contribution < -0.4 is 0 Å². The van der Waals surface area contributed by atoms with E-state index >= 15 is 0 Å². The van der Waals surface area contributed by atoms with E-state index < -0.39 is 6.10 Å². The van der Waals surface area contributed by atoms with Crippen LogP contribution in [0.2, 0.25) is 0 Å². The summed E-state index contributed by atoms with van der Waals surface area (Å²) in [5, 5.41) is 0. The van der Waals surface area contributed by atoms with Gasteiger partial charge in [0.15, 0.2) is 6.10 Å². The van der Waals surface area contributed by atoms with E-state index in [0.717, 1.165) is 122 Å². The Labute approximate surface area is 373 Å². The van der Waals surface area contributed by atoms with Gasteiger partial charge in [0.05, 0.1) is 0 Å². The molecule has 1 atom stereocenters. The van der Waals surface area contributed by atoms with Gasteiger partial charge in [-0.15, -0.1) is 0 Å². The number of allylic oxidation sites excluding steroid dienone is 22. The summed E-state index contributed by atoms with van der Waals surface area (Å²) >= 11 is 0. The summed E-state index contributed by atoms with van der Waals surface area (Å²) in [4.78, 5) is 37.5. The van der Waals surface area contributed by atoms with Crippen LogP contribution in [0.15, 0.2) is 134 Å². The summed E-state index contributed by atoms with van der Waals surface area (Å²) in [5.74, 6) is -1.07. The van der Waals surface area contributed by atoms with Crippen molar-refractivity contribution < 1.29 is 28.6 Å². The molecule has 0 N–H and O–H groups in total. The largest absolute Gasteiger partial charge is 0.462 e. The highest BCUT2D eigenvalue weighted by atomic mass is 16.6. The minimum absolute atomic E-state index is 0.121. The van der Waals surface area contributed by atoms with Crippen LogP contribution in [0.4, 0.5) is 0 Å². The van der Waals surface area contributed by atoms with Crippen molar-refractivity contribution in [3.63, 3.8) is 0 Å². The van der Waals surface area contributed by atoms with Crippen molar-refractivity contribution in [1.82, 2.24) is 0 Å². The molecule has 0 aromatic rings. The Morgan fingerprint density at radius 1 is 0.344 bits per heavy atom. The van der Waals surface area contributed by atoms with Crippen molar-refractivity contribution in [3.05, 3.63) is 134 Å². The van der Waals surface area contributed by atoms with Crippen molar-refractivity contribution in [3.8, 4) is 0 Å². The number of esters is 3. The summed E-state index contributed by atoms with van der Waals surface area (Å²) in [5.41, 5.74) is 0. The minimum atomic E-state index is -0.826. The molecule has 0 radical (unpaired) electrons. The minimum Gasteiger partial charge on any atom is -0.462 e. The Morgan fingerprint density at radius 2 is 0.672 bits per heavy atom. The zero-order valence-corrected chi connectivity index (χ0v) is 38.6. The lowest BCUT2D eigenvalue weighted by molar-refractivity contribution is -0.166. The lowest BCUT2D eigenvalue weighted by Gasteiger charge is -2.18. The molecule has 0 fully saturated rings. The zero-order chi connectivity index (χ0) is 44.4. The van der Waals surface area contributed by atoms with Gasteiger partial charge in [-0.25, -0.2) is 0 Å². The summed E-state index contributed by atoms with van der Waals surface area (Å²) in [6.45, 7) is 6.19. The Bertz CT molecular complexity index is 1380. The van der Waals surface area contributed by atoms with Gasteiger partial charge in [0.25, 0.3) is 0 Å². The number of rotatable bonds is 40. The SMILES string of the molecule is CC/C=C\C/C=C\C/C=C\C/C=C\C/C=C\C/C=C\CCC(=O)OCC(COC(=O)CCCCCCC)OC(=O)CCCCC/C=C\C/C=C\C/C=C\C/C=C\C/C=C\CC. The van der Waals surface area contributed by atoms with Crippen molar-refractivity contribution in [2.24, 2.45) is 0 Å². The molecule has 6 heteroatoms. The third-order valence-electron chi connectivity index (χ3n) is 9.16. The molecule has 0 aromatic carbocycles. The van der Waals surface area contributed by atoms with Crippen LogP contribution in [0.5, 0.6) is 0 Å². The predicted molar refractivity (Wildman–Crippen MR) is 260 cm³/mol. The first-order chi connectivity index (χ1) is 30.0. The van der Waals surface area contributed by atoms with Gasteiger partial charge in [-0.2, -0.15) is 0 Å². The van der Waals surface area contributed by atoms with E-state index in [9.17, 15) is 14.4 Å². The molecule has 0 saturated heterocycles. The highest BCUT2D eigenvalue weighted by Crippen LogP contribution is 2.10. The first kappa shape index (κ1) is 56.5. The van der Waals surface area contributed by atoms with Crippen LogP contribution in [0, 0.1) is 0 Å². The molecule has 61 heavy (non-hydrogen) atoms. The van der Waals surface area contributed by atoms with E-state index in [1.807, 2.05) is 12.2 Å². The van der Waals surface area contributed by atoms with Crippen LogP contribution in [-0.2, 0) is 28.6 Å². The smallest absolute Gasteiger partial charge is 0.306 e. The molecule has 0 rings (SSSR count). The summed E-state index contributed by atoms with van der Waals surface area (Å²) in [7, 11) is 0. The molecule has 340 valence electrons. The molecule has 0 aliphatic heterocycles. The molecule has 0 heterocycles. The molecule has 0 saturated carbocycles. The third-order valence-corrected chi connectivity index (χ3v) is 9.16. The molecule has 0 spiro atoms. The van der Waals surface area contributed by atoms with E-state index in [2.05, 4.69) is 142 Å². The molecule has 0 bridgehead atoms. The average Bonchev–Trinajstić information content (AvgIpc) is 3.26. The van der Waals surface area contributed by atoms with E-state index in [-0.39, 0.29) is 44.0 Å². The third kappa shape index (κ3) is 46.5. The number of hydrogen-bond donors (Lipinski definition) is 0. The van der Waals surface area contributed by atoms with Gasteiger partial charge in [0.2, 0.25) is 0 Å².